The van der Waals surface area contributed by atoms with Gasteiger partial charge in [0.25, 0.3) is 0 Å². The van der Waals surface area contributed by atoms with Gasteiger partial charge < -0.3 is 0 Å². The van der Waals surface area contributed by atoms with Crippen molar-refractivity contribution < 1.29 is 4.68 Å². The van der Waals surface area contributed by atoms with E-state index in [2.05, 4.69) is 15.3 Å². The van der Waals surface area contributed by atoms with E-state index in [9.17, 15) is 4.91 Å². The van der Waals surface area contributed by atoms with Crippen molar-refractivity contribution in [1.82, 2.24) is 10.1 Å². The lowest BCUT2D eigenvalue weighted by Gasteiger charge is -1.86. The SMILES string of the molecule is Cc1nc(C[n+]2cc(N=O)c(C)[nH]2)cs1. The van der Waals surface area contributed by atoms with Gasteiger partial charge in [0.15, 0.2) is 5.69 Å². The minimum Gasteiger partial charge on any atom is -0.240 e. The van der Waals surface area contributed by atoms with E-state index in [0.717, 1.165) is 16.4 Å². The fourth-order valence-corrected chi connectivity index (χ4v) is 1.99. The molecule has 2 aromatic rings. The normalized spacial score (nSPS) is 10.5. The Labute approximate surface area is 90.7 Å². The van der Waals surface area contributed by atoms with Crippen LogP contribution in [0.25, 0.3) is 0 Å². The van der Waals surface area contributed by atoms with Gasteiger partial charge in [0.1, 0.15) is 11.4 Å². The summed E-state index contributed by atoms with van der Waals surface area (Å²) in [6.45, 7) is 4.43. The summed E-state index contributed by atoms with van der Waals surface area (Å²) in [6.07, 6.45) is 1.69. The predicted octanol–water partition coefficient (Wildman–Crippen LogP) is 1.82. The Morgan fingerprint density at radius 1 is 1.60 bits per heavy atom. The molecule has 5 nitrogen and oxygen atoms in total. The molecule has 78 valence electrons. The number of rotatable bonds is 3. The number of aromatic nitrogens is 3. The van der Waals surface area contributed by atoms with Crippen LogP contribution in [0.15, 0.2) is 16.8 Å². The minimum absolute atomic E-state index is 0.446. The first kappa shape index (κ1) is 9.97. The highest BCUT2D eigenvalue weighted by atomic mass is 32.1. The van der Waals surface area contributed by atoms with Crippen molar-refractivity contribution >= 4 is 17.0 Å². The first-order valence-corrected chi connectivity index (χ1v) is 5.40. The van der Waals surface area contributed by atoms with Gasteiger partial charge in [-0.1, -0.05) is 0 Å². The van der Waals surface area contributed by atoms with Crippen LogP contribution in [0.5, 0.6) is 0 Å². The number of nitrogens with zero attached hydrogens (tertiary/aromatic N) is 3. The van der Waals surface area contributed by atoms with E-state index in [1.54, 1.807) is 22.2 Å². The summed E-state index contributed by atoms with van der Waals surface area (Å²) in [5, 5.41) is 9.01. The number of thiazole rings is 1. The zero-order chi connectivity index (χ0) is 10.8. The zero-order valence-electron chi connectivity index (χ0n) is 8.52. The van der Waals surface area contributed by atoms with Crippen LogP contribution >= 0.6 is 11.3 Å². The molecule has 0 aliphatic carbocycles. The third-order valence-corrected chi connectivity index (χ3v) is 2.89. The Morgan fingerprint density at radius 2 is 2.40 bits per heavy atom. The van der Waals surface area contributed by atoms with Gasteiger partial charge in [-0.05, 0) is 19.0 Å². The quantitative estimate of drug-likeness (QED) is 0.637. The summed E-state index contributed by atoms with van der Waals surface area (Å²) in [7, 11) is 0. The van der Waals surface area contributed by atoms with E-state index in [0.29, 0.717) is 12.2 Å². The first-order valence-electron chi connectivity index (χ1n) is 4.52. The molecule has 0 aliphatic rings. The van der Waals surface area contributed by atoms with Crippen molar-refractivity contribution in [3.8, 4) is 0 Å². The molecule has 0 unspecified atom stereocenters. The minimum atomic E-state index is 0.446. The molecule has 0 spiro atoms. The van der Waals surface area contributed by atoms with Crippen LogP contribution in [0.1, 0.15) is 16.4 Å². The van der Waals surface area contributed by atoms with E-state index < -0.39 is 0 Å². The van der Waals surface area contributed by atoms with Gasteiger partial charge in [0.05, 0.1) is 5.01 Å². The summed E-state index contributed by atoms with van der Waals surface area (Å²) in [4.78, 5) is 14.7. The van der Waals surface area contributed by atoms with E-state index in [4.69, 9.17) is 0 Å². The molecular weight excluding hydrogens is 212 g/mol. The van der Waals surface area contributed by atoms with Crippen molar-refractivity contribution in [2.45, 2.75) is 20.4 Å². The number of nitroso groups, excluding NO2 is 1. The molecule has 0 aliphatic heterocycles. The fraction of sp³-hybridized carbons (Fsp3) is 0.333. The predicted molar refractivity (Wildman–Crippen MR) is 57.1 cm³/mol. The summed E-state index contributed by atoms with van der Waals surface area (Å²) in [6, 6.07) is 0. The molecule has 0 saturated heterocycles. The molecule has 0 saturated carbocycles. The smallest absolute Gasteiger partial charge is 0.225 e. The third kappa shape index (κ3) is 2.10. The molecule has 0 amide bonds. The largest absolute Gasteiger partial charge is 0.240 e. The van der Waals surface area contributed by atoms with Gasteiger partial charge in [-0.2, -0.15) is 5.10 Å². The van der Waals surface area contributed by atoms with Crippen LogP contribution < -0.4 is 4.68 Å². The highest BCUT2D eigenvalue weighted by molar-refractivity contribution is 7.09. The van der Waals surface area contributed by atoms with Crippen LogP contribution in [0.3, 0.4) is 0 Å². The van der Waals surface area contributed by atoms with Gasteiger partial charge in [-0.25, -0.2) is 4.98 Å². The number of aromatic amines is 1. The molecule has 0 atom stereocenters. The van der Waals surface area contributed by atoms with Crippen LogP contribution in [-0.2, 0) is 6.54 Å². The highest BCUT2D eigenvalue weighted by Gasteiger charge is 2.13. The number of H-pyrrole nitrogens is 1. The molecule has 2 aromatic heterocycles. The van der Waals surface area contributed by atoms with Crippen molar-refractivity contribution in [3.63, 3.8) is 0 Å². The van der Waals surface area contributed by atoms with Crippen molar-refractivity contribution in [1.29, 1.82) is 0 Å². The second-order valence-electron chi connectivity index (χ2n) is 3.33. The lowest BCUT2D eigenvalue weighted by Crippen LogP contribution is -2.35. The number of hydrogen-bond donors (Lipinski definition) is 1. The summed E-state index contributed by atoms with van der Waals surface area (Å²) < 4.78 is 1.81. The molecule has 0 bridgehead atoms. The molecule has 15 heavy (non-hydrogen) atoms. The lowest BCUT2D eigenvalue weighted by atomic mass is 10.4. The molecule has 0 fully saturated rings. The van der Waals surface area contributed by atoms with Crippen LogP contribution in [0.4, 0.5) is 5.69 Å². The number of aryl methyl sites for hydroxylation is 2. The van der Waals surface area contributed by atoms with E-state index in [1.807, 2.05) is 19.2 Å². The maximum atomic E-state index is 10.4. The average Bonchev–Trinajstić information content (AvgIpc) is 2.73. The fourth-order valence-electron chi connectivity index (χ4n) is 1.38. The highest BCUT2D eigenvalue weighted by Crippen LogP contribution is 2.13. The van der Waals surface area contributed by atoms with Gasteiger partial charge in [-0.3, -0.25) is 0 Å². The van der Waals surface area contributed by atoms with Gasteiger partial charge in [-0.15, -0.1) is 20.9 Å². The maximum absolute atomic E-state index is 10.4. The second-order valence-corrected chi connectivity index (χ2v) is 4.39. The number of hydrogen-bond acceptors (Lipinski definition) is 4. The van der Waals surface area contributed by atoms with Crippen molar-refractivity contribution in [2.24, 2.45) is 5.18 Å². The Kier molecular flexibility index (Phi) is 2.59. The summed E-state index contributed by atoms with van der Waals surface area (Å²) >= 11 is 1.62. The monoisotopic (exact) mass is 223 g/mol. The maximum Gasteiger partial charge on any atom is 0.225 e. The zero-order valence-corrected chi connectivity index (χ0v) is 9.34. The standard InChI is InChI=1S/C9H10N4OS/c1-6-9(12-14)4-13(11-6)3-8-5-15-7(2)10-8/h4-5H,3H2,1-2H3/p+1. The lowest BCUT2D eigenvalue weighted by molar-refractivity contribution is -0.742. The average molecular weight is 223 g/mol. The third-order valence-electron chi connectivity index (χ3n) is 2.07. The van der Waals surface area contributed by atoms with Crippen molar-refractivity contribution in [2.75, 3.05) is 0 Å². The Morgan fingerprint density at radius 3 is 2.93 bits per heavy atom. The Hall–Kier alpha value is -1.56. The molecule has 0 radical (unpaired) electrons. The molecule has 6 heteroatoms. The molecule has 2 rings (SSSR count). The van der Waals surface area contributed by atoms with Crippen LogP contribution in [-0.4, -0.2) is 10.1 Å². The van der Waals surface area contributed by atoms with Crippen LogP contribution in [0.2, 0.25) is 0 Å². The van der Waals surface area contributed by atoms with E-state index >= 15 is 0 Å². The summed E-state index contributed by atoms with van der Waals surface area (Å²) in [5.41, 5.74) is 2.21. The second kappa shape index (κ2) is 3.90. The van der Waals surface area contributed by atoms with Crippen LogP contribution in [0, 0.1) is 18.8 Å². The Bertz CT molecular complexity index is 488. The first-order chi connectivity index (χ1) is 7.19. The summed E-state index contributed by atoms with van der Waals surface area (Å²) in [5.74, 6) is 0. The molecular formula is C9H11N4OS+. The van der Waals surface area contributed by atoms with E-state index in [1.165, 1.54) is 0 Å². The van der Waals surface area contributed by atoms with E-state index in [-0.39, 0.29) is 0 Å². The molecule has 0 aromatic carbocycles. The van der Waals surface area contributed by atoms with Gasteiger partial charge in [0, 0.05) is 5.38 Å². The van der Waals surface area contributed by atoms with Crippen molar-refractivity contribution in [3.05, 3.63) is 32.9 Å². The topological polar surface area (TPSA) is 62.0 Å². The molecule has 1 N–H and O–H groups in total. The van der Waals surface area contributed by atoms with Gasteiger partial charge in [0.2, 0.25) is 12.7 Å². The molecule has 2 heterocycles. The Balaban J connectivity index is 2.20. The van der Waals surface area contributed by atoms with Gasteiger partial charge >= 0.3 is 0 Å². The number of nitrogens with one attached hydrogen (secondary N) is 1.